The molecule has 0 unspecified atom stereocenters. The number of rotatable bonds is 2. The minimum atomic E-state index is 0.514. The monoisotopic (exact) mass is 200 g/mol. The molecule has 0 radical (unpaired) electrons. The molecule has 0 saturated heterocycles. The summed E-state index contributed by atoms with van der Waals surface area (Å²) < 4.78 is 1.97. The molecule has 1 aromatic carbocycles. The maximum absolute atomic E-state index is 4.52. The summed E-state index contributed by atoms with van der Waals surface area (Å²) in [5, 5.41) is 4.52. The zero-order chi connectivity index (χ0) is 10.8. The fourth-order valence-corrected chi connectivity index (χ4v) is 1.77. The van der Waals surface area contributed by atoms with Crippen molar-refractivity contribution in [2.75, 3.05) is 0 Å². The van der Waals surface area contributed by atoms with Crippen LogP contribution in [-0.4, -0.2) is 9.78 Å². The predicted octanol–water partition coefficient (Wildman–Crippen LogP) is 3.21. The molecule has 15 heavy (non-hydrogen) atoms. The van der Waals surface area contributed by atoms with Crippen LogP contribution in [-0.2, 0) is 7.05 Å². The molecule has 0 saturated carbocycles. The zero-order valence-corrected chi connectivity index (χ0v) is 9.44. The van der Waals surface area contributed by atoms with Gasteiger partial charge in [-0.25, -0.2) is 0 Å². The van der Waals surface area contributed by atoms with Gasteiger partial charge < -0.3 is 0 Å². The van der Waals surface area contributed by atoms with Crippen molar-refractivity contribution in [3.63, 3.8) is 0 Å². The first kappa shape index (κ1) is 9.97. The summed E-state index contributed by atoms with van der Waals surface area (Å²) in [5.41, 5.74) is 3.51. The molecular formula is C13H16N2. The minimum Gasteiger partial charge on any atom is -0.272 e. The van der Waals surface area contributed by atoms with Crippen molar-refractivity contribution >= 4 is 0 Å². The van der Waals surface area contributed by atoms with Crippen LogP contribution in [0.5, 0.6) is 0 Å². The molecule has 2 heteroatoms. The lowest BCUT2D eigenvalue weighted by Gasteiger charge is -2.02. The Hall–Kier alpha value is -1.57. The Morgan fingerprint density at radius 2 is 1.80 bits per heavy atom. The highest BCUT2D eigenvalue weighted by molar-refractivity contribution is 5.59. The van der Waals surface area contributed by atoms with Crippen molar-refractivity contribution in [1.82, 2.24) is 9.78 Å². The van der Waals surface area contributed by atoms with Crippen molar-refractivity contribution in [3.05, 3.63) is 42.1 Å². The van der Waals surface area contributed by atoms with Gasteiger partial charge in [-0.05, 0) is 12.0 Å². The zero-order valence-electron chi connectivity index (χ0n) is 9.44. The summed E-state index contributed by atoms with van der Waals surface area (Å²) in [6.45, 7) is 4.37. The molecule has 0 bridgehead atoms. The molecule has 1 heterocycles. The fraction of sp³-hybridized carbons (Fsp3) is 0.308. The molecule has 0 amide bonds. The largest absolute Gasteiger partial charge is 0.272 e. The highest BCUT2D eigenvalue weighted by Gasteiger charge is 2.09. The second-order valence-electron chi connectivity index (χ2n) is 4.10. The smallest absolute Gasteiger partial charge is 0.0926 e. The van der Waals surface area contributed by atoms with E-state index in [2.05, 4.69) is 37.1 Å². The van der Waals surface area contributed by atoms with Gasteiger partial charge in [0.05, 0.1) is 5.69 Å². The van der Waals surface area contributed by atoms with E-state index >= 15 is 0 Å². The lowest BCUT2D eigenvalue weighted by molar-refractivity contribution is 0.670. The second-order valence-corrected chi connectivity index (χ2v) is 4.10. The van der Waals surface area contributed by atoms with Gasteiger partial charge in [-0.3, -0.25) is 4.68 Å². The van der Waals surface area contributed by atoms with Crippen LogP contribution in [0.4, 0.5) is 0 Å². The quantitative estimate of drug-likeness (QED) is 0.727. The number of nitrogens with zero attached hydrogens (tertiary/aromatic N) is 2. The van der Waals surface area contributed by atoms with Crippen LogP contribution in [0, 0.1) is 0 Å². The van der Waals surface area contributed by atoms with E-state index < -0.39 is 0 Å². The molecule has 0 aliphatic carbocycles. The van der Waals surface area contributed by atoms with Crippen molar-refractivity contribution in [3.8, 4) is 11.3 Å². The first-order valence-corrected chi connectivity index (χ1v) is 5.28. The maximum atomic E-state index is 4.52. The summed E-state index contributed by atoms with van der Waals surface area (Å²) in [6.07, 6.45) is 0. The molecule has 2 nitrogen and oxygen atoms in total. The maximum Gasteiger partial charge on any atom is 0.0926 e. The van der Waals surface area contributed by atoms with Crippen LogP contribution in [0.2, 0.25) is 0 Å². The van der Waals surface area contributed by atoms with Crippen molar-refractivity contribution < 1.29 is 0 Å². The Kier molecular flexibility index (Phi) is 2.58. The molecular weight excluding hydrogens is 184 g/mol. The third-order valence-corrected chi connectivity index (χ3v) is 2.58. The Labute approximate surface area is 90.6 Å². The molecule has 0 atom stereocenters. The van der Waals surface area contributed by atoms with E-state index in [4.69, 9.17) is 0 Å². The van der Waals surface area contributed by atoms with Gasteiger partial charge in [-0.2, -0.15) is 5.10 Å². The first-order valence-electron chi connectivity index (χ1n) is 5.28. The van der Waals surface area contributed by atoms with Gasteiger partial charge in [0.15, 0.2) is 0 Å². The lowest BCUT2D eigenvalue weighted by atomic mass is 10.1. The standard InChI is InChI=1S/C13H16N2/c1-10(2)13-9-12(14-15(13)3)11-7-5-4-6-8-11/h4-10H,1-3H3. The molecule has 2 aromatic rings. The van der Waals surface area contributed by atoms with Gasteiger partial charge in [0.25, 0.3) is 0 Å². The number of hydrogen-bond acceptors (Lipinski definition) is 1. The summed E-state index contributed by atoms with van der Waals surface area (Å²) in [6, 6.07) is 12.5. The fourth-order valence-electron chi connectivity index (χ4n) is 1.77. The molecule has 0 aliphatic heterocycles. The molecule has 0 fully saturated rings. The molecule has 0 spiro atoms. The molecule has 0 aliphatic rings. The van der Waals surface area contributed by atoms with Gasteiger partial charge in [0.1, 0.15) is 0 Å². The van der Waals surface area contributed by atoms with Crippen molar-refractivity contribution in [1.29, 1.82) is 0 Å². The molecule has 1 aromatic heterocycles. The third-order valence-electron chi connectivity index (χ3n) is 2.58. The highest BCUT2D eigenvalue weighted by atomic mass is 15.3. The predicted molar refractivity (Wildman–Crippen MR) is 62.7 cm³/mol. The average Bonchev–Trinajstić information content (AvgIpc) is 2.62. The van der Waals surface area contributed by atoms with Crippen LogP contribution in [0.3, 0.4) is 0 Å². The Bertz CT molecular complexity index is 441. The summed E-state index contributed by atoms with van der Waals surface area (Å²) in [4.78, 5) is 0. The SMILES string of the molecule is CC(C)c1cc(-c2ccccc2)nn1C. The van der Waals surface area contributed by atoms with Crippen LogP contribution >= 0.6 is 0 Å². The molecule has 0 N–H and O–H groups in total. The van der Waals surface area contributed by atoms with Crippen LogP contribution in [0.25, 0.3) is 11.3 Å². The van der Waals surface area contributed by atoms with Crippen LogP contribution < -0.4 is 0 Å². The first-order chi connectivity index (χ1) is 7.18. The number of aromatic nitrogens is 2. The number of hydrogen-bond donors (Lipinski definition) is 0. The topological polar surface area (TPSA) is 17.8 Å². The van der Waals surface area contributed by atoms with E-state index in [1.807, 2.05) is 29.9 Å². The molecule has 2 rings (SSSR count). The summed E-state index contributed by atoms with van der Waals surface area (Å²) in [5.74, 6) is 0.514. The normalized spacial score (nSPS) is 10.9. The van der Waals surface area contributed by atoms with E-state index in [0.29, 0.717) is 5.92 Å². The lowest BCUT2D eigenvalue weighted by Crippen LogP contribution is -1.99. The van der Waals surface area contributed by atoms with Crippen molar-refractivity contribution in [2.24, 2.45) is 7.05 Å². The Morgan fingerprint density at radius 3 is 2.33 bits per heavy atom. The highest BCUT2D eigenvalue weighted by Crippen LogP contribution is 2.22. The van der Waals surface area contributed by atoms with E-state index in [0.717, 1.165) is 5.69 Å². The van der Waals surface area contributed by atoms with Gasteiger partial charge >= 0.3 is 0 Å². The van der Waals surface area contributed by atoms with Gasteiger partial charge in [0, 0.05) is 18.3 Å². The van der Waals surface area contributed by atoms with Crippen LogP contribution in [0.15, 0.2) is 36.4 Å². The summed E-state index contributed by atoms with van der Waals surface area (Å²) in [7, 11) is 2.00. The van der Waals surface area contributed by atoms with E-state index in [1.54, 1.807) is 0 Å². The van der Waals surface area contributed by atoms with Crippen LogP contribution in [0.1, 0.15) is 25.5 Å². The Balaban J connectivity index is 2.43. The number of benzene rings is 1. The van der Waals surface area contributed by atoms with Gasteiger partial charge in [-0.1, -0.05) is 44.2 Å². The van der Waals surface area contributed by atoms with Gasteiger partial charge in [0.2, 0.25) is 0 Å². The minimum absolute atomic E-state index is 0.514. The average molecular weight is 200 g/mol. The van der Waals surface area contributed by atoms with E-state index in [9.17, 15) is 0 Å². The molecule has 78 valence electrons. The Morgan fingerprint density at radius 1 is 1.13 bits per heavy atom. The number of aryl methyl sites for hydroxylation is 1. The van der Waals surface area contributed by atoms with E-state index in [1.165, 1.54) is 11.3 Å². The third kappa shape index (κ3) is 1.94. The van der Waals surface area contributed by atoms with Gasteiger partial charge in [-0.15, -0.1) is 0 Å². The van der Waals surface area contributed by atoms with E-state index in [-0.39, 0.29) is 0 Å². The second kappa shape index (κ2) is 3.89. The van der Waals surface area contributed by atoms with Crippen molar-refractivity contribution in [2.45, 2.75) is 19.8 Å². The summed E-state index contributed by atoms with van der Waals surface area (Å²) >= 11 is 0.